The molecule has 2 atom stereocenters. The summed E-state index contributed by atoms with van der Waals surface area (Å²) in [4.78, 5) is 21.8. The Balaban J connectivity index is 1.17. The molecule has 2 unspecified atom stereocenters. The second kappa shape index (κ2) is 10.6. The van der Waals surface area contributed by atoms with E-state index in [-0.39, 0.29) is 12.0 Å². The van der Waals surface area contributed by atoms with E-state index in [1.807, 2.05) is 6.33 Å². The van der Waals surface area contributed by atoms with Crippen LogP contribution < -0.4 is 0 Å². The monoisotopic (exact) mass is 500 g/mol. The Morgan fingerprint density at radius 2 is 1.68 bits per heavy atom. The number of carboxylic acid groups (broad SMARTS) is 1. The van der Waals surface area contributed by atoms with Crippen LogP contribution >= 0.6 is 0 Å². The number of nitrogens with zero attached hydrogens (tertiary/aromatic N) is 4. The molecule has 3 fully saturated rings. The summed E-state index contributed by atoms with van der Waals surface area (Å²) >= 11 is 0. The zero-order valence-corrected chi connectivity index (χ0v) is 21.8. The maximum atomic E-state index is 11.9. The quantitative estimate of drug-likeness (QED) is 0.460. The summed E-state index contributed by atoms with van der Waals surface area (Å²) in [5.41, 5.74) is 3.57. The average molecular weight is 501 g/mol. The maximum absolute atomic E-state index is 11.9. The second-order valence-electron chi connectivity index (χ2n) is 11.7. The van der Waals surface area contributed by atoms with Crippen molar-refractivity contribution in [2.75, 3.05) is 32.7 Å². The standard InChI is InChI=1S/C31H40N4O2/c36-30(37)19-31(15-7-2-8-16-31)34-21-25(27(22-34)24-9-3-1-4-10-24)20-33-17-13-26(14-18-33)35-23-32-28-11-5-6-12-29(28)35/h1,3-6,9-12,23,25-27H,2,7-8,13-22H2,(H,36,37). The van der Waals surface area contributed by atoms with Gasteiger partial charge >= 0.3 is 5.97 Å². The minimum Gasteiger partial charge on any atom is -0.481 e. The fourth-order valence-corrected chi connectivity index (χ4v) is 7.60. The normalized spacial score (nSPS) is 25.5. The molecule has 37 heavy (non-hydrogen) atoms. The first-order valence-electron chi connectivity index (χ1n) is 14.3. The molecular formula is C31H40N4O2. The second-order valence-corrected chi connectivity index (χ2v) is 11.7. The number of benzene rings is 2. The molecule has 1 saturated carbocycles. The molecule has 196 valence electrons. The SMILES string of the molecule is O=C(O)CC1(N2CC(CN3CCC(n4cnc5ccccc54)CC3)C(c3ccccc3)C2)CCCCC1. The van der Waals surface area contributed by atoms with E-state index in [1.165, 1.54) is 17.5 Å². The summed E-state index contributed by atoms with van der Waals surface area (Å²) < 4.78 is 2.38. The van der Waals surface area contributed by atoms with Crippen molar-refractivity contribution in [3.63, 3.8) is 0 Å². The molecule has 3 aromatic rings. The molecule has 0 bridgehead atoms. The minimum absolute atomic E-state index is 0.165. The number of para-hydroxylation sites is 2. The van der Waals surface area contributed by atoms with Gasteiger partial charge in [0.1, 0.15) is 0 Å². The molecule has 3 heterocycles. The number of hydrogen-bond donors (Lipinski definition) is 1. The largest absolute Gasteiger partial charge is 0.481 e. The number of imidazole rings is 1. The van der Waals surface area contributed by atoms with Gasteiger partial charge < -0.3 is 14.6 Å². The molecule has 1 aromatic heterocycles. The van der Waals surface area contributed by atoms with Crippen molar-refractivity contribution in [2.45, 2.75) is 68.9 Å². The topological polar surface area (TPSA) is 61.6 Å². The van der Waals surface area contributed by atoms with Gasteiger partial charge in [0.2, 0.25) is 0 Å². The van der Waals surface area contributed by atoms with Crippen LogP contribution in [0.4, 0.5) is 0 Å². The van der Waals surface area contributed by atoms with Gasteiger partial charge in [-0.25, -0.2) is 4.98 Å². The van der Waals surface area contributed by atoms with Crippen LogP contribution in [0.15, 0.2) is 60.9 Å². The van der Waals surface area contributed by atoms with Gasteiger partial charge in [-0.3, -0.25) is 9.69 Å². The highest BCUT2D eigenvalue weighted by Gasteiger charge is 2.46. The first-order valence-corrected chi connectivity index (χ1v) is 14.3. The average Bonchev–Trinajstić information content (AvgIpc) is 3.55. The fraction of sp³-hybridized carbons (Fsp3) is 0.548. The van der Waals surface area contributed by atoms with Crippen LogP contribution in [0.2, 0.25) is 0 Å². The summed E-state index contributed by atoms with van der Waals surface area (Å²) in [6.45, 7) is 5.31. The predicted octanol–water partition coefficient (Wildman–Crippen LogP) is 5.57. The Kier molecular flexibility index (Phi) is 7.04. The van der Waals surface area contributed by atoms with Crippen molar-refractivity contribution in [3.05, 3.63) is 66.5 Å². The highest BCUT2D eigenvalue weighted by atomic mass is 16.4. The van der Waals surface area contributed by atoms with Crippen LogP contribution in [0.25, 0.3) is 11.0 Å². The smallest absolute Gasteiger partial charge is 0.305 e. The molecule has 6 heteroatoms. The van der Waals surface area contributed by atoms with Gasteiger partial charge in [-0.15, -0.1) is 0 Å². The van der Waals surface area contributed by atoms with E-state index in [9.17, 15) is 9.90 Å². The van der Waals surface area contributed by atoms with Crippen molar-refractivity contribution >= 4 is 17.0 Å². The summed E-state index contributed by atoms with van der Waals surface area (Å²) in [6, 6.07) is 19.9. The van der Waals surface area contributed by atoms with Crippen LogP contribution in [0.1, 0.15) is 68.9 Å². The Hall–Kier alpha value is -2.70. The van der Waals surface area contributed by atoms with Gasteiger partial charge in [-0.1, -0.05) is 61.7 Å². The molecule has 2 saturated heterocycles. The first-order chi connectivity index (χ1) is 18.1. The lowest BCUT2D eigenvalue weighted by Crippen LogP contribution is -2.50. The highest BCUT2D eigenvalue weighted by Crippen LogP contribution is 2.44. The molecule has 0 spiro atoms. The molecule has 2 aromatic carbocycles. The third kappa shape index (κ3) is 5.06. The molecule has 6 rings (SSSR count). The molecule has 0 radical (unpaired) electrons. The number of carboxylic acids is 1. The van der Waals surface area contributed by atoms with Crippen molar-refractivity contribution < 1.29 is 9.90 Å². The lowest BCUT2D eigenvalue weighted by molar-refractivity contribution is -0.141. The van der Waals surface area contributed by atoms with E-state index >= 15 is 0 Å². The van der Waals surface area contributed by atoms with Crippen molar-refractivity contribution in [3.8, 4) is 0 Å². The number of aliphatic carboxylic acids is 1. The van der Waals surface area contributed by atoms with Gasteiger partial charge in [0.25, 0.3) is 0 Å². The van der Waals surface area contributed by atoms with Crippen LogP contribution in [-0.4, -0.2) is 68.7 Å². The van der Waals surface area contributed by atoms with E-state index in [4.69, 9.17) is 0 Å². The Morgan fingerprint density at radius 3 is 2.43 bits per heavy atom. The molecule has 1 aliphatic carbocycles. The number of likely N-dealkylation sites (tertiary alicyclic amines) is 2. The summed E-state index contributed by atoms with van der Waals surface area (Å²) in [7, 11) is 0. The number of aromatic nitrogens is 2. The zero-order valence-electron chi connectivity index (χ0n) is 21.8. The van der Waals surface area contributed by atoms with Gasteiger partial charge in [0.15, 0.2) is 0 Å². The summed E-state index contributed by atoms with van der Waals surface area (Å²) in [5, 5.41) is 9.83. The number of hydrogen-bond acceptors (Lipinski definition) is 4. The highest BCUT2D eigenvalue weighted by molar-refractivity contribution is 5.75. The number of piperidine rings is 1. The fourth-order valence-electron chi connectivity index (χ4n) is 7.60. The van der Waals surface area contributed by atoms with Crippen LogP contribution in [-0.2, 0) is 4.79 Å². The molecular weight excluding hydrogens is 460 g/mol. The maximum Gasteiger partial charge on any atom is 0.305 e. The number of fused-ring (bicyclic) bond motifs is 1. The third-order valence-corrected chi connectivity index (χ3v) is 9.53. The van der Waals surface area contributed by atoms with E-state index < -0.39 is 5.97 Å². The molecule has 3 aliphatic rings. The van der Waals surface area contributed by atoms with E-state index in [1.54, 1.807) is 0 Å². The Labute approximate surface area is 220 Å². The first kappa shape index (κ1) is 24.6. The van der Waals surface area contributed by atoms with Gasteiger partial charge in [-0.05, 0) is 49.3 Å². The van der Waals surface area contributed by atoms with E-state index in [0.29, 0.717) is 17.9 Å². The zero-order chi connectivity index (χ0) is 25.2. The Morgan fingerprint density at radius 1 is 0.946 bits per heavy atom. The van der Waals surface area contributed by atoms with Gasteiger partial charge in [0.05, 0.1) is 23.8 Å². The lowest BCUT2D eigenvalue weighted by atomic mass is 9.78. The molecule has 2 aliphatic heterocycles. The third-order valence-electron chi connectivity index (χ3n) is 9.53. The lowest BCUT2D eigenvalue weighted by Gasteiger charge is -2.44. The van der Waals surface area contributed by atoms with Crippen molar-refractivity contribution in [1.82, 2.24) is 19.4 Å². The van der Waals surface area contributed by atoms with E-state index in [0.717, 1.165) is 76.8 Å². The van der Waals surface area contributed by atoms with Crippen LogP contribution in [0.3, 0.4) is 0 Å². The number of carbonyl (C=O) groups is 1. The van der Waals surface area contributed by atoms with Crippen molar-refractivity contribution in [2.24, 2.45) is 5.92 Å². The predicted molar refractivity (Wildman–Crippen MR) is 147 cm³/mol. The minimum atomic E-state index is -0.643. The number of rotatable bonds is 7. The Bertz CT molecular complexity index is 1190. The molecule has 0 amide bonds. The van der Waals surface area contributed by atoms with E-state index in [2.05, 4.69) is 73.9 Å². The molecule has 6 nitrogen and oxygen atoms in total. The summed E-state index contributed by atoms with van der Waals surface area (Å²) in [6.07, 6.45) is 10.2. The van der Waals surface area contributed by atoms with Crippen molar-refractivity contribution in [1.29, 1.82) is 0 Å². The van der Waals surface area contributed by atoms with Crippen LogP contribution in [0.5, 0.6) is 0 Å². The van der Waals surface area contributed by atoms with Gasteiger partial charge in [0, 0.05) is 50.2 Å². The van der Waals surface area contributed by atoms with Crippen LogP contribution in [0, 0.1) is 5.92 Å². The summed E-state index contributed by atoms with van der Waals surface area (Å²) in [5.74, 6) is 0.348. The van der Waals surface area contributed by atoms with Gasteiger partial charge in [-0.2, -0.15) is 0 Å². The molecule has 1 N–H and O–H groups in total.